The van der Waals surface area contributed by atoms with Gasteiger partial charge in [0.2, 0.25) is 0 Å². The molecule has 0 atom stereocenters. The van der Waals surface area contributed by atoms with Crippen LogP contribution in [0.1, 0.15) is 29.2 Å². The first-order valence-electron chi connectivity index (χ1n) is 11.8. The molecule has 0 amide bonds. The Hall–Kier alpha value is -3.91. The Morgan fingerprint density at radius 3 is 2.12 bits per heavy atom. The van der Waals surface area contributed by atoms with Gasteiger partial charge >= 0.3 is 0 Å². The van der Waals surface area contributed by atoms with Crippen molar-refractivity contribution in [1.82, 2.24) is 0 Å². The molecule has 0 unspecified atom stereocenters. The zero-order valence-corrected chi connectivity index (χ0v) is 19.9. The molecule has 2 heteroatoms. The smallest absolute Gasteiger partial charge is 0.289 e. The van der Waals surface area contributed by atoms with Gasteiger partial charge in [0.05, 0.1) is 0 Å². The maximum Gasteiger partial charge on any atom is 0.289 e. The number of rotatable bonds is 2. The molecule has 0 radical (unpaired) electrons. The van der Waals surface area contributed by atoms with Gasteiger partial charge in [-0.05, 0) is 59.0 Å². The fourth-order valence-corrected chi connectivity index (χ4v) is 5.01. The molecule has 0 fully saturated rings. The van der Waals surface area contributed by atoms with E-state index in [4.69, 9.17) is 0 Å². The Balaban J connectivity index is 0.000000145. The maximum absolute atomic E-state index is 12.1. The molecule has 0 saturated carbocycles. The SMILES string of the molecule is CC(=O)B1C(c2ccccc2C)=Cc2ccccc21.Cc1ccc2ccc3ccccc3c2c1. The summed E-state index contributed by atoms with van der Waals surface area (Å²) in [6, 6.07) is 36.0. The molecule has 5 aromatic carbocycles. The molecule has 1 aliphatic heterocycles. The van der Waals surface area contributed by atoms with Crippen molar-refractivity contribution in [1.29, 1.82) is 0 Å². The van der Waals surface area contributed by atoms with E-state index in [1.165, 1.54) is 43.8 Å². The van der Waals surface area contributed by atoms with E-state index in [1.807, 2.05) is 24.3 Å². The summed E-state index contributed by atoms with van der Waals surface area (Å²) in [6.45, 7) is 5.80. The summed E-state index contributed by atoms with van der Waals surface area (Å²) in [4.78, 5) is 12.1. The lowest BCUT2D eigenvalue weighted by Crippen LogP contribution is -2.37. The minimum Gasteiger partial charge on any atom is -0.310 e. The van der Waals surface area contributed by atoms with E-state index in [9.17, 15) is 4.79 Å². The Labute approximate surface area is 201 Å². The van der Waals surface area contributed by atoms with Crippen LogP contribution in [0.3, 0.4) is 0 Å². The van der Waals surface area contributed by atoms with Crippen molar-refractivity contribution in [2.24, 2.45) is 0 Å². The van der Waals surface area contributed by atoms with Crippen molar-refractivity contribution in [3.8, 4) is 0 Å². The highest BCUT2D eigenvalue weighted by atomic mass is 16.1. The first kappa shape index (κ1) is 21.9. The first-order chi connectivity index (χ1) is 16.5. The van der Waals surface area contributed by atoms with Crippen molar-refractivity contribution in [3.63, 3.8) is 0 Å². The van der Waals surface area contributed by atoms with E-state index in [0.29, 0.717) is 0 Å². The van der Waals surface area contributed by atoms with Crippen LogP contribution >= 0.6 is 0 Å². The standard InChI is InChI=1S/C17H15BO.C15H12/c1-12-7-3-5-9-15(12)17-11-14-8-4-6-10-16(14)18(17)13(2)19;1-11-6-7-13-9-8-12-4-2-3-5-14(12)15(13)10-11/h3-11H,1-2H3;2-10H,1H3. The number of carbonyl (C=O) groups is 1. The molecule has 1 heterocycles. The second-order valence-corrected chi connectivity index (χ2v) is 9.10. The van der Waals surface area contributed by atoms with E-state index in [0.717, 1.165) is 10.9 Å². The lowest BCUT2D eigenvalue weighted by atomic mass is 9.38. The van der Waals surface area contributed by atoms with E-state index >= 15 is 0 Å². The van der Waals surface area contributed by atoms with Crippen LogP contribution < -0.4 is 5.46 Å². The highest BCUT2D eigenvalue weighted by Gasteiger charge is 2.34. The number of carbonyl (C=O) groups excluding carboxylic acids is 1. The van der Waals surface area contributed by atoms with Gasteiger partial charge in [0.15, 0.2) is 0 Å². The van der Waals surface area contributed by atoms with Gasteiger partial charge < -0.3 is 4.79 Å². The molecule has 34 heavy (non-hydrogen) atoms. The lowest BCUT2D eigenvalue weighted by molar-refractivity contribution is -0.110. The summed E-state index contributed by atoms with van der Waals surface area (Å²) in [7, 11) is 0. The molecule has 5 aromatic rings. The third-order valence-electron chi connectivity index (χ3n) is 6.69. The van der Waals surface area contributed by atoms with Crippen LogP contribution in [0, 0.1) is 13.8 Å². The number of benzene rings is 5. The quantitative estimate of drug-likeness (QED) is 0.210. The molecule has 0 N–H and O–H groups in total. The molecular weight excluding hydrogens is 411 g/mol. The zero-order chi connectivity index (χ0) is 23.7. The van der Waals surface area contributed by atoms with E-state index in [2.05, 4.69) is 98.8 Å². The van der Waals surface area contributed by atoms with Crippen molar-refractivity contribution < 1.29 is 4.79 Å². The number of fused-ring (bicyclic) bond motifs is 4. The Morgan fingerprint density at radius 1 is 0.676 bits per heavy atom. The summed E-state index contributed by atoms with van der Waals surface area (Å²) in [5.74, 6) is 0. The summed E-state index contributed by atoms with van der Waals surface area (Å²) >= 11 is 0. The molecule has 0 aliphatic carbocycles. The average molecular weight is 438 g/mol. The van der Waals surface area contributed by atoms with Gasteiger partial charge in [-0.25, -0.2) is 0 Å². The predicted molar refractivity (Wildman–Crippen MR) is 148 cm³/mol. The Bertz CT molecular complexity index is 1560. The topological polar surface area (TPSA) is 17.1 Å². The van der Waals surface area contributed by atoms with E-state index in [1.54, 1.807) is 6.92 Å². The first-order valence-corrected chi connectivity index (χ1v) is 11.8. The van der Waals surface area contributed by atoms with Crippen LogP contribution in [-0.2, 0) is 4.79 Å². The number of aryl methyl sites for hydroxylation is 2. The lowest BCUT2D eigenvalue weighted by Gasteiger charge is -2.12. The molecule has 1 nitrogen and oxygen atoms in total. The van der Waals surface area contributed by atoms with E-state index < -0.39 is 0 Å². The van der Waals surface area contributed by atoms with Gasteiger partial charge in [-0.1, -0.05) is 126 Å². The van der Waals surface area contributed by atoms with Crippen LogP contribution in [0.4, 0.5) is 0 Å². The second-order valence-electron chi connectivity index (χ2n) is 9.10. The van der Waals surface area contributed by atoms with E-state index in [-0.39, 0.29) is 12.4 Å². The monoisotopic (exact) mass is 438 g/mol. The predicted octanol–water partition coefficient (Wildman–Crippen LogP) is 7.22. The largest absolute Gasteiger partial charge is 0.310 e. The fraction of sp³-hybridized carbons (Fsp3) is 0.0938. The molecule has 0 bridgehead atoms. The van der Waals surface area contributed by atoms with Crippen molar-refractivity contribution in [2.75, 3.05) is 0 Å². The van der Waals surface area contributed by atoms with Gasteiger partial charge in [-0.15, -0.1) is 0 Å². The van der Waals surface area contributed by atoms with Gasteiger partial charge in [0.1, 0.15) is 5.68 Å². The van der Waals surface area contributed by atoms with Gasteiger partial charge in [0.25, 0.3) is 6.71 Å². The number of hydrogen-bond acceptors (Lipinski definition) is 1. The summed E-state index contributed by atoms with van der Waals surface area (Å²) in [6.07, 6.45) is 2.16. The molecule has 0 saturated heterocycles. The summed E-state index contributed by atoms with van der Waals surface area (Å²) in [5, 5.41) is 5.33. The normalized spacial score (nSPS) is 12.2. The molecule has 0 aromatic heterocycles. The van der Waals surface area contributed by atoms with Crippen molar-refractivity contribution >= 4 is 51.0 Å². The third kappa shape index (κ3) is 4.08. The maximum atomic E-state index is 12.1. The van der Waals surface area contributed by atoms with Gasteiger partial charge in [-0.3, -0.25) is 0 Å². The van der Waals surface area contributed by atoms with Crippen LogP contribution in [-0.4, -0.2) is 12.4 Å². The minimum atomic E-state index is -0.114. The van der Waals surface area contributed by atoms with Crippen LogP contribution in [0.5, 0.6) is 0 Å². The fourth-order valence-electron chi connectivity index (χ4n) is 5.01. The zero-order valence-electron chi connectivity index (χ0n) is 19.9. The molecule has 6 rings (SSSR count). The Kier molecular flexibility index (Phi) is 5.90. The Morgan fingerprint density at radius 2 is 1.32 bits per heavy atom. The van der Waals surface area contributed by atoms with Crippen molar-refractivity contribution in [2.45, 2.75) is 20.8 Å². The second kappa shape index (κ2) is 9.15. The van der Waals surface area contributed by atoms with Crippen LogP contribution in [0.25, 0.3) is 33.1 Å². The minimum absolute atomic E-state index is 0.114. The highest BCUT2D eigenvalue weighted by Crippen LogP contribution is 2.29. The molecule has 0 spiro atoms. The average Bonchev–Trinajstić information content (AvgIpc) is 3.24. The van der Waals surface area contributed by atoms with Gasteiger partial charge in [-0.2, -0.15) is 0 Å². The molecular formula is C32H27BO. The highest BCUT2D eigenvalue weighted by molar-refractivity contribution is 7.13. The van der Waals surface area contributed by atoms with Crippen molar-refractivity contribution in [3.05, 3.63) is 125 Å². The number of hydrogen-bond donors (Lipinski definition) is 0. The third-order valence-corrected chi connectivity index (χ3v) is 6.69. The van der Waals surface area contributed by atoms with Gasteiger partial charge in [0, 0.05) is 0 Å². The summed E-state index contributed by atoms with van der Waals surface area (Å²) < 4.78 is 0. The van der Waals surface area contributed by atoms with Crippen LogP contribution in [0.2, 0.25) is 0 Å². The molecule has 164 valence electrons. The summed E-state index contributed by atoms with van der Waals surface area (Å²) in [5.41, 5.74) is 7.35. The van der Waals surface area contributed by atoms with Crippen LogP contribution in [0.15, 0.2) is 103 Å². The molecule has 1 aliphatic rings.